The minimum absolute atomic E-state index is 0. The van der Waals surface area contributed by atoms with Gasteiger partial charge in [0, 0.05) is 18.7 Å². The van der Waals surface area contributed by atoms with Crippen LogP contribution in [0.1, 0.15) is 44.4 Å². The average Bonchev–Trinajstić information content (AvgIpc) is 2.57. The van der Waals surface area contributed by atoms with Crippen LogP contribution in [0.4, 0.5) is 4.79 Å². The van der Waals surface area contributed by atoms with Crippen molar-refractivity contribution in [1.82, 2.24) is 15.1 Å². The molecular formula is C19H27Cl2N3O. The number of carbonyl (C=O) groups is 1. The van der Waals surface area contributed by atoms with Gasteiger partial charge in [-0.3, -0.25) is 0 Å². The van der Waals surface area contributed by atoms with Crippen LogP contribution in [0.25, 0.3) is 0 Å². The average molecular weight is 384 g/mol. The molecule has 0 aromatic heterocycles. The molecule has 1 fully saturated rings. The Morgan fingerprint density at radius 2 is 1.96 bits per heavy atom. The zero-order chi connectivity index (χ0) is 17.9. The number of amides is 2. The third kappa shape index (κ3) is 5.04. The molecule has 1 unspecified atom stereocenters. The molecule has 1 atom stereocenters. The van der Waals surface area contributed by atoms with Crippen molar-refractivity contribution in [2.75, 3.05) is 27.2 Å². The van der Waals surface area contributed by atoms with Crippen LogP contribution in [0.3, 0.4) is 0 Å². The molecule has 4 nitrogen and oxygen atoms in total. The van der Waals surface area contributed by atoms with Gasteiger partial charge in [0.1, 0.15) is 0 Å². The lowest BCUT2D eigenvalue weighted by atomic mass is 10.0. The largest absolute Gasteiger partial charge is 0.331 e. The number of terminal acetylenes is 1. The van der Waals surface area contributed by atoms with Gasteiger partial charge in [-0.1, -0.05) is 42.6 Å². The van der Waals surface area contributed by atoms with Gasteiger partial charge in [-0.05, 0) is 51.5 Å². The standard InChI is InChI=1S/C18H23Cl2N3O.CH4/c1-5-13-6-7-15(17(20)16(13)19)12(2)21-18(24)23(4)14-8-10-22(3)11-9-14;/h1,6-7,12,14H,8-11H2,2-4H3,(H,21,24);1H4. The van der Waals surface area contributed by atoms with Crippen LogP contribution < -0.4 is 5.32 Å². The first kappa shape index (κ1) is 21.6. The summed E-state index contributed by atoms with van der Waals surface area (Å²) in [5.41, 5.74) is 1.30. The molecule has 6 heteroatoms. The first-order valence-electron chi connectivity index (χ1n) is 8.01. The maximum atomic E-state index is 12.5. The zero-order valence-electron chi connectivity index (χ0n) is 14.3. The Balaban J connectivity index is 0.00000312. The van der Waals surface area contributed by atoms with E-state index in [0.717, 1.165) is 31.5 Å². The van der Waals surface area contributed by atoms with Crippen LogP contribution in [0, 0.1) is 12.3 Å². The van der Waals surface area contributed by atoms with E-state index < -0.39 is 0 Å². The summed E-state index contributed by atoms with van der Waals surface area (Å²) < 4.78 is 0. The lowest BCUT2D eigenvalue weighted by Crippen LogP contribution is -2.48. The first-order valence-corrected chi connectivity index (χ1v) is 8.77. The van der Waals surface area contributed by atoms with E-state index in [1.807, 2.05) is 20.0 Å². The Kier molecular flexibility index (Phi) is 8.08. The van der Waals surface area contributed by atoms with Gasteiger partial charge in [-0.25, -0.2) is 4.79 Å². The highest BCUT2D eigenvalue weighted by Gasteiger charge is 2.25. The van der Waals surface area contributed by atoms with Gasteiger partial charge in [-0.15, -0.1) is 6.42 Å². The number of carbonyl (C=O) groups excluding carboxylic acids is 1. The molecule has 2 rings (SSSR count). The molecule has 1 N–H and O–H groups in total. The van der Waals surface area contributed by atoms with Gasteiger partial charge in [0.25, 0.3) is 0 Å². The van der Waals surface area contributed by atoms with Crippen molar-refractivity contribution in [3.63, 3.8) is 0 Å². The molecule has 1 aromatic rings. The Bertz CT molecular complexity index is 649. The summed E-state index contributed by atoms with van der Waals surface area (Å²) in [4.78, 5) is 16.6. The SMILES string of the molecule is C.C#Cc1ccc(C(C)NC(=O)N(C)C2CCN(C)CC2)c(Cl)c1Cl. The second-order valence-corrected chi connectivity index (χ2v) is 7.05. The van der Waals surface area contributed by atoms with E-state index >= 15 is 0 Å². The molecule has 0 radical (unpaired) electrons. The molecule has 0 saturated carbocycles. The van der Waals surface area contributed by atoms with E-state index in [-0.39, 0.29) is 25.5 Å². The summed E-state index contributed by atoms with van der Waals surface area (Å²) in [5.74, 6) is 2.49. The summed E-state index contributed by atoms with van der Waals surface area (Å²) in [6, 6.07) is 3.45. The number of benzene rings is 1. The Morgan fingerprint density at radius 1 is 1.36 bits per heavy atom. The number of rotatable bonds is 3. The molecule has 0 aliphatic carbocycles. The summed E-state index contributed by atoms with van der Waals surface area (Å²) in [6.07, 6.45) is 7.35. The zero-order valence-corrected chi connectivity index (χ0v) is 15.8. The lowest BCUT2D eigenvalue weighted by molar-refractivity contribution is 0.146. The number of likely N-dealkylation sites (tertiary alicyclic amines) is 1. The minimum atomic E-state index is -0.261. The van der Waals surface area contributed by atoms with Gasteiger partial charge < -0.3 is 15.1 Å². The Labute approximate surface area is 161 Å². The van der Waals surface area contributed by atoms with Crippen LogP contribution in [0.5, 0.6) is 0 Å². The number of hydrogen-bond donors (Lipinski definition) is 1. The summed E-state index contributed by atoms with van der Waals surface area (Å²) in [6.45, 7) is 3.90. The highest BCUT2D eigenvalue weighted by molar-refractivity contribution is 6.43. The fourth-order valence-electron chi connectivity index (χ4n) is 2.92. The monoisotopic (exact) mass is 383 g/mol. The molecule has 0 spiro atoms. The lowest BCUT2D eigenvalue weighted by Gasteiger charge is -2.35. The number of nitrogens with one attached hydrogen (secondary N) is 1. The predicted molar refractivity (Wildman–Crippen MR) is 106 cm³/mol. The van der Waals surface area contributed by atoms with Crippen molar-refractivity contribution in [1.29, 1.82) is 0 Å². The molecule has 2 amide bonds. The van der Waals surface area contributed by atoms with Crippen molar-refractivity contribution >= 4 is 29.2 Å². The molecule has 1 heterocycles. The van der Waals surface area contributed by atoms with Crippen molar-refractivity contribution in [3.05, 3.63) is 33.3 Å². The molecule has 25 heavy (non-hydrogen) atoms. The third-order valence-corrected chi connectivity index (χ3v) is 5.53. The van der Waals surface area contributed by atoms with Crippen LogP contribution in [-0.2, 0) is 0 Å². The van der Waals surface area contributed by atoms with Crippen LogP contribution in [-0.4, -0.2) is 49.1 Å². The molecular weight excluding hydrogens is 357 g/mol. The number of nitrogens with zero attached hydrogens (tertiary/aromatic N) is 2. The quantitative estimate of drug-likeness (QED) is 0.784. The molecule has 1 saturated heterocycles. The maximum Gasteiger partial charge on any atom is 0.317 e. The van der Waals surface area contributed by atoms with Gasteiger partial charge in [0.05, 0.1) is 16.1 Å². The van der Waals surface area contributed by atoms with E-state index in [0.29, 0.717) is 15.6 Å². The Hall–Kier alpha value is -1.41. The van der Waals surface area contributed by atoms with Crippen molar-refractivity contribution < 1.29 is 4.79 Å². The summed E-state index contributed by atoms with van der Waals surface area (Å²) >= 11 is 12.5. The summed E-state index contributed by atoms with van der Waals surface area (Å²) in [7, 11) is 3.94. The number of piperidine rings is 1. The molecule has 0 bridgehead atoms. The van der Waals surface area contributed by atoms with Crippen molar-refractivity contribution in [3.8, 4) is 12.3 Å². The van der Waals surface area contributed by atoms with Crippen LogP contribution in [0.2, 0.25) is 10.0 Å². The molecule has 1 aliphatic heterocycles. The fraction of sp³-hybridized carbons (Fsp3) is 0.526. The van der Waals surface area contributed by atoms with Gasteiger partial charge >= 0.3 is 6.03 Å². The number of halogens is 2. The van der Waals surface area contributed by atoms with E-state index in [4.69, 9.17) is 29.6 Å². The van der Waals surface area contributed by atoms with Gasteiger partial charge in [0.2, 0.25) is 0 Å². The highest BCUT2D eigenvalue weighted by atomic mass is 35.5. The predicted octanol–water partition coefficient (Wildman–Crippen LogP) is 4.41. The van der Waals surface area contributed by atoms with Gasteiger partial charge in [-0.2, -0.15) is 0 Å². The normalized spacial score (nSPS) is 16.5. The van der Waals surface area contributed by atoms with Crippen molar-refractivity contribution in [2.45, 2.75) is 39.3 Å². The molecule has 1 aliphatic rings. The van der Waals surface area contributed by atoms with Gasteiger partial charge in [0.15, 0.2) is 0 Å². The smallest absolute Gasteiger partial charge is 0.317 e. The van der Waals surface area contributed by atoms with E-state index in [1.54, 1.807) is 11.0 Å². The van der Waals surface area contributed by atoms with E-state index in [2.05, 4.69) is 23.2 Å². The number of urea groups is 1. The second-order valence-electron chi connectivity index (χ2n) is 6.29. The van der Waals surface area contributed by atoms with E-state index in [1.165, 1.54) is 0 Å². The van der Waals surface area contributed by atoms with Crippen molar-refractivity contribution in [2.24, 2.45) is 0 Å². The minimum Gasteiger partial charge on any atom is -0.331 e. The second kappa shape index (κ2) is 9.33. The molecule has 138 valence electrons. The topological polar surface area (TPSA) is 35.6 Å². The third-order valence-electron chi connectivity index (χ3n) is 4.63. The first-order chi connectivity index (χ1) is 11.3. The highest BCUT2D eigenvalue weighted by Crippen LogP contribution is 2.32. The van der Waals surface area contributed by atoms with Crippen LogP contribution in [0.15, 0.2) is 12.1 Å². The Morgan fingerprint density at radius 3 is 2.52 bits per heavy atom. The fourth-order valence-corrected chi connectivity index (χ4v) is 3.48. The maximum absolute atomic E-state index is 12.5. The summed E-state index contributed by atoms with van der Waals surface area (Å²) in [5, 5.41) is 3.73. The van der Waals surface area contributed by atoms with Crippen LogP contribution >= 0.6 is 23.2 Å². The molecule has 1 aromatic carbocycles. The van der Waals surface area contributed by atoms with E-state index in [9.17, 15) is 4.79 Å². The number of hydrogen-bond acceptors (Lipinski definition) is 2.